The molecule has 1 saturated carbocycles. The minimum atomic E-state index is -0.654. The predicted molar refractivity (Wildman–Crippen MR) is 253 cm³/mol. The quantitative estimate of drug-likeness (QED) is 0.136. The molecule has 4 fully saturated rings. The Morgan fingerprint density at radius 3 is 2.36 bits per heavy atom. The number of amides is 4. The molecule has 3 saturated heterocycles. The molecule has 6 heterocycles. The van der Waals surface area contributed by atoms with E-state index in [0.717, 1.165) is 99.7 Å². The van der Waals surface area contributed by atoms with Gasteiger partial charge in [-0.1, -0.05) is 17.7 Å². The first-order valence-corrected chi connectivity index (χ1v) is 24.1. The third-order valence-corrected chi connectivity index (χ3v) is 14.5. The number of nitrogens with one attached hydrogen (secondary N) is 3. The fourth-order valence-electron chi connectivity index (χ4n) is 10.7. The highest BCUT2D eigenvalue weighted by Crippen LogP contribution is 2.40. The summed E-state index contributed by atoms with van der Waals surface area (Å²) in [5, 5.41) is 9.38. The van der Waals surface area contributed by atoms with Crippen molar-refractivity contribution >= 4 is 63.6 Å². The Labute approximate surface area is 394 Å². The van der Waals surface area contributed by atoms with E-state index >= 15 is 0 Å². The summed E-state index contributed by atoms with van der Waals surface area (Å²) < 4.78 is 19.8. The summed E-state index contributed by atoms with van der Waals surface area (Å²) in [5.41, 5.74) is 3.75. The molecular weight excluding hydrogens is 878 g/mol. The van der Waals surface area contributed by atoms with Crippen molar-refractivity contribution in [1.29, 1.82) is 0 Å². The van der Waals surface area contributed by atoms with E-state index < -0.39 is 11.9 Å². The molecule has 2 aromatic heterocycles. The van der Waals surface area contributed by atoms with Gasteiger partial charge in [0.05, 0.1) is 36.6 Å². The lowest BCUT2D eigenvalue weighted by atomic mass is 9.85. The number of hydrogen-bond donors (Lipinski definition) is 3. The Hall–Kier alpha value is -5.78. The monoisotopic (exact) mass is 937 g/mol. The van der Waals surface area contributed by atoms with E-state index in [4.69, 9.17) is 30.8 Å². The fraction of sp³-hybridized carbons (Fsp3) is 0.531. The minimum absolute atomic E-state index is 0.0952. The number of carbonyl (C=O) groups excluding carboxylic acids is 4. The summed E-state index contributed by atoms with van der Waals surface area (Å²) >= 11 is 6.62. The second-order valence-corrected chi connectivity index (χ2v) is 19.1. The van der Waals surface area contributed by atoms with Gasteiger partial charge in [-0.15, -0.1) is 0 Å². The molecule has 4 aromatic rings. The Bertz CT molecular complexity index is 2600. The third-order valence-electron chi connectivity index (χ3n) is 14.3. The SMILES string of the molecule is CNC(=O)COc1cc2cc(Nc3nc(N4CCC(OC5CCC(N6CCC(c7cc8c(c(OC)c7)C(=O)N(C7CCC(=O)NC7=O)C8)CC6)CC5)CC4)ncc3Cl)ccc2n(C(C)C)c1=O. The van der Waals surface area contributed by atoms with E-state index in [2.05, 4.69) is 36.8 Å². The number of halogens is 1. The number of fused-ring (bicyclic) bond motifs is 2. The normalized spacial score (nSPS) is 22.0. The zero-order valence-electron chi connectivity index (χ0n) is 38.6. The summed E-state index contributed by atoms with van der Waals surface area (Å²) in [5.74, 6) is 0.828. The molecule has 2 aromatic carbocycles. The Morgan fingerprint density at radius 2 is 1.66 bits per heavy atom. The highest BCUT2D eigenvalue weighted by Gasteiger charge is 2.41. The summed E-state index contributed by atoms with van der Waals surface area (Å²) in [6.07, 6.45) is 10.8. The molecule has 5 aliphatic rings. The number of imide groups is 1. The van der Waals surface area contributed by atoms with Crippen molar-refractivity contribution in [3.63, 3.8) is 0 Å². The van der Waals surface area contributed by atoms with E-state index in [9.17, 15) is 24.0 Å². The first-order valence-electron chi connectivity index (χ1n) is 23.7. The number of ether oxygens (including phenoxy) is 3. The van der Waals surface area contributed by atoms with Gasteiger partial charge in [0.2, 0.25) is 17.8 Å². The zero-order valence-corrected chi connectivity index (χ0v) is 39.4. The van der Waals surface area contributed by atoms with Gasteiger partial charge in [-0.05, 0) is 132 Å². The van der Waals surface area contributed by atoms with Crippen molar-refractivity contribution in [2.24, 2.45) is 0 Å². The molecule has 3 N–H and O–H groups in total. The maximum absolute atomic E-state index is 13.5. The predicted octanol–water partition coefficient (Wildman–Crippen LogP) is 5.84. The largest absolute Gasteiger partial charge is 0.496 e. The van der Waals surface area contributed by atoms with Gasteiger partial charge in [0.1, 0.15) is 16.8 Å². The first kappa shape index (κ1) is 46.3. The van der Waals surface area contributed by atoms with E-state index in [1.165, 1.54) is 12.6 Å². The van der Waals surface area contributed by atoms with Gasteiger partial charge >= 0.3 is 0 Å². The van der Waals surface area contributed by atoms with Gasteiger partial charge < -0.3 is 44.1 Å². The van der Waals surface area contributed by atoms with Crippen LogP contribution in [0.25, 0.3) is 10.9 Å². The molecule has 356 valence electrons. The molecule has 18 heteroatoms. The molecule has 0 spiro atoms. The van der Waals surface area contributed by atoms with Crippen LogP contribution in [-0.4, -0.2) is 119 Å². The van der Waals surface area contributed by atoms with E-state index in [0.29, 0.717) is 53.0 Å². The van der Waals surface area contributed by atoms with Gasteiger partial charge in [0, 0.05) is 56.3 Å². The van der Waals surface area contributed by atoms with Crippen molar-refractivity contribution < 1.29 is 33.4 Å². The summed E-state index contributed by atoms with van der Waals surface area (Å²) in [6.45, 7) is 7.50. The summed E-state index contributed by atoms with van der Waals surface area (Å²) in [4.78, 5) is 78.8. The van der Waals surface area contributed by atoms with E-state index in [1.807, 2.05) is 38.1 Å². The van der Waals surface area contributed by atoms with Crippen molar-refractivity contribution in [3.8, 4) is 11.5 Å². The molecule has 0 radical (unpaired) electrons. The van der Waals surface area contributed by atoms with E-state index in [1.54, 1.807) is 28.8 Å². The topological polar surface area (TPSA) is 190 Å². The lowest BCUT2D eigenvalue weighted by Gasteiger charge is -2.42. The van der Waals surface area contributed by atoms with Gasteiger partial charge in [-0.25, -0.2) is 4.98 Å². The van der Waals surface area contributed by atoms with Crippen molar-refractivity contribution in [2.45, 2.75) is 121 Å². The van der Waals surface area contributed by atoms with Crippen LogP contribution in [0.1, 0.15) is 112 Å². The minimum Gasteiger partial charge on any atom is -0.496 e. The lowest BCUT2D eigenvalue weighted by Crippen LogP contribution is -2.52. The molecule has 1 aliphatic carbocycles. The number of likely N-dealkylation sites (tertiary alicyclic amines) is 1. The van der Waals surface area contributed by atoms with E-state index in [-0.39, 0.29) is 60.3 Å². The van der Waals surface area contributed by atoms with Crippen molar-refractivity contribution in [3.05, 3.63) is 74.7 Å². The number of carbonyl (C=O) groups is 4. The van der Waals surface area contributed by atoms with Gasteiger partial charge in [-0.3, -0.25) is 29.3 Å². The third kappa shape index (κ3) is 9.81. The van der Waals surface area contributed by atoms with Crippen molar-refractivity contribution in [2.75, 3.05) is 57.2 Å². The highest BCUT2D eigenvalue weighted by molar-refractivity contribution is 6.33. The Kier molecular flexibility index (Phi) is 13.7. The average molecular weight is 939 g/mol. The number of methoxy groups -OCH3 is 1. The average Bonchev–Trinajstić information content (AvgIpc) is 3.66. The number of benzene rings is 2. The zero-order chi connectivity index (χ0) is 46.9. The second-order valence-electron chi connectivity index (χ2n) is 18.7. The molecule has 4 aliphatic heterocycles. The van der Waals surface area contributed by atoms with Crippen LogP contribution in [0.15, 0.2) is 47.4 Å². The Morgan fingerprint density at radius 1 is 0.910 bits per heavy atom. The van der Waals surface area contributed by atoms with Crippen molar-refractivity contribution in [1.82, 2.24) is 35.0 Å². The second kappa shape index (κ2) is 19.8. The molecule has 9 rings (SSSR count). The number of piperidine rings is 3. The smallest absolute Gasteiger partial charge is 0.293 e. The molecule has 4 amide bonds. The van der Waals surface area contributed by atoms with Gasteiger partial charge in [-0.2, -0.15) is 4.98 Å². The van der Waals surface area contributed by atoms with Crippen LogP contribution in [0, 0.1) is 0 Å². The molecule has 17 nitrogen and oxygen atoms in total. The number of nitrogens with zero attached hydrogens (tertiary/aromatic N) is 6. The number of pyridine rings is 1. The number of likely N-dealkylation sites (N-methyl/N-ethyl adjacent to an activating group) is 1. The molecule has 1 unspecified atom stereocenters. The van der Waals surface area contributed by atoms with Crippen LogP contribution < -0.4 is 35.9 Å². The van der Waals surface area contributed by atoms with Crippen LogP contribution in [0.4, 0.5) is 17.5 Å². The summed E-state index contributed by atoms with van der Waals surface area (Å²) in [6, 6.07) is 11.2. The molecule has 67 heavy (non-hydrogen) atoms. The standard InChI is InChI=1S/C49H60ClN9O8/c1-28(2)59-38-10-5-33(22-31(38)24-41(47(59)63)66-27-43(61)51-3)53-45-37(50)25-52-49(55-45)57-19-15-36(16-20-57)67-35-8-6-34(7-9-35)56-17-13-29(14-18-56)30-21-32-26-58(39-11-12-42(60)54-46(39)62)48(64)44(32)40(23-30)65-4/h5,10,21-25,28-29,34-36,39H,6-9,11-20,26-27H2,1-4H3,(H,51,61)(H,52,53,55)(H,54,60,62). The number of hydrogen-bond acceptors (Lipinski definition) is 13. The van der Waals surface area contributed by atoms with Gasteiger partial charge in [0.15, 0.2) is 18.2 Å². The first-order chi connectivity index (χ1) is 32.4. The van der Waals surface area contributed by atoms with Crippen LogP contribution in [0.5, 0.6) is 11.5 Å². The fourth-order valence-corrected chi connectivity index (χ4v) is 10.8. The maximum atomic E-state index is 13.5. The lowest BCUT2D eigenvalue weighted by molar-refractivity contribution is -0.137. The molecule has 1 atom stereocenters. The van der Waals surface area contributed by atoms with Crippen LogP contribution in [0.3, 0.4) is 0 Å². The van der Waals surface area contributed by atoms with Gasteiger partial charge in [0.25, 0.3) is 17.4 Å². The van der Waals surface area contributed by atoms with Crippen LogP contribution in [0.2, 0.25) is 5.02 Å². The van der Waals surface area contributed by atoms with Crippen LogP contribution >= 0.6 is 11.6 Å². The Balaban J connectivity index is 0.745. The number of anilines is 3. The number of rotatable bonds is 13. The number of aromatic nitrogens is 3. The molecule has 0 bridgehead atoms. The molecular formula is C49H60ClN9O8. The maximum Gasteiger partial charge on any atom is 0.293 e. The summed E-state index contributed by atoms with van der Waals surface area (Å²) in [7, 11) is 3.11. The van der Waals surface area contributed by atoms with Crippen LogP contribution in [-0.2, 0) is 25.7 Å². The highest BCUT2D eigenvalue weighted by atomic mass is 35.5.